The molecule has 0 aromatic heterocycles. The first-order valence-corrected chi connectivity index (χ1v) is 9.53. The van der Waals surface area contributed by atoms with E-state index in [9.17, 15) is 13.2 Å². The largest absolute Gasteiger partial charge is 0.322 e. The van der Waals surface area contributed by atoms with Gasteiger partial charge < -0.3 is 5.32 Å². The van der Waals surface area contributed by atoms with E-state index < -0.39 is 15.9 Å². The molecule has 0 aliphatic heterocycles. The first-order valence-electron chi connectivity index (χ1n) is 6.92. The molecule has 128 valence electrons. The van der Waals surface area contributed by atoms with Gasteiger partial charge in [0.05, 0.1) is 5.02 Å². The highest BCUT2D eigenvalue weighted by Crippen LogP contribution is 2.26. The van der Waals surface area contributed by atoms with Crippen LogP contribution in [0.1, 0.15) is 15.9 Å². The quantitative estimate of drug-likeness (QED) is 0.798. The van der Waals surface area contributed by atoms with E-state index in [-0.39, 0.29) is 15.5 Å². The lowest BCUT2D eigenvalue weighted by atomic mass is 10.1. The van der Waals surface area contributed by atoms with Crippen LogP contribution in [0, 0.1) is 6.92 Å². The molecule has 0 spiro atoms. The summed E-state index contributed by atoms with van der Waals surface area (Å²) >= 11 is 9.35. The van der Waals surface area contributed by atoms with Crippen molar-refractivity contribution in [1.29, 1.82) is 0 Å². The molecule has 2 aromatic rings. The Hall–Kier alpha value is -1.41. The monoisotopic (exact) mass is 430 g/mol. The van der Waals surface area contributed by atoms with Gasteiger partial charge in [-0.2, -0.15) is 0 Å². The summed E-state index contributed by atoms with van der Waals surface area (Å²) in [6, 6.07) is 9.62. The Morgan fingerprint density at radius 1 is 1.17 bits per heavy atom. The summed E-state index contributed by atoms with van der Waals surface area (Å²) in [7, 11) is -0.922. The molecule has 24 heavy (non-hydrogen) atoms. The average molecular weight is 432 g/mol. The number of benzene rings is 2. The van der Waals surface area contributed by atoms with Gasteiger partial charge in [0.1, 0.15) is 4.90 Å². The maximum absolute atomic E-state index is 12.4. The number of halogens is 2. The summed E-state index contributed by atoms with van der Waals surface area (Å²) in [5.74, 6) is -0.410. The van der Waals surface area contributed by atoms with Crippen molar-refractivity contribution in [2.45, 2.75) is 11.8 Å². The van der Waals surface area contributed by atoms with E-state index in [0.717, 1.165) is 14.3 Å². The van der Waals surface area contributed by atoms with Crippen LogP contribution in [0.2, 0.25) is 5.02 Å². The molecular formula is C16H16BrClN2O3S. The second-order valence-electron chi connectivity index (χ2n) is 5.35. The van der Waals surface area contributed by atoms with Gasteiger partial charge in [-0.3, -0.25) is 4.79 Å². The van der Waals surface area contributed by atoms with Crippen molar-refractivity contribution in [3.8, 4) is 0 Å². The van der Waals surface area contributed by atoms with Crippen LogP contribution >= 0.6 is 27.5 Å². The number of anilines is 1. The molecule has 0 fully saturated rings. The summed E-state index contributed by atoms with van der Waals surface area (Å²) in [6.45, 7) is 1.87. The van der Waals surface area contributed by atoms with Crippen molar-refractivity contribution in [2.24, 2.45) is 0 Å². The van der Waals surface area contributed by atoms with E-state index in [1.165, 1.54) is 32.3 Å². The topological polar surface area (TPSA) is 66.5 Å². The molecule has 2 rings (SSSR count). The van der Waals surface area contributed by atoms with E-state index in [1.54, 1.807) is 6.07 Å². The minimum absolute atomic E-state index is 0.0695. The Morgan fingerprint density at radius 2 is 1.83 bits per heavy atom. The minimum Gasteiger partial charge on any atom is -0.322 e. The number of aryl methyl sites for hydroxylation is 1. The van der Waals surface area contributed by atoms with Gasteiger partial charge in [0.25, 0.3) is 5.91 Å². The molecule has 0 heterocycles. The third kappa shape index (κ3) is 3.97. The van der Waals surface area contributed by atoms with Gasteiger partial charge in [-0.1, -0.05) is 27.5 Å². The maximum atomic E-state index is 12.4. The van der Waals surface area contributed by atoms with E-state index >= 15 is 0 Å². The van der Waals surface area contributed by atoms with E-state index in [1.807, 2.05) is 19.1 Å². The van der Waals surface area contributed by atoms with Gasteiger partial charge in [-0.25, -0.2) is 12.7 Å². The van der Waals surface area contributed by atoms with Crippen LogP contribution in [0.25, 0.3) is 0 Å². The number of hydrogen-bond donors (Lipinski definition) is 1. The smallest absolute Gasteiger partial charge is 0.255 e. The second kappa shape index (κ2) is 7.23. The van der Waals surface area contributed by atoms with Gasteiger partial charge >= 0.3 is 0 Å². The number of amides is 1. The first-order chi connectivity index (χ1) is 11.1. The van der Waals surface area contributed by atoms with E-state index in [4.69, 9.17) is 11.6 Å². The van der Waals surface area contributed by atoms with Crippen molar-refractivity contribution < 1.29 is 13.2 Å². The molecular weight excluding hydrogens is 416 g/mol. The highest BCUT2D eigenvalue weighted by molar-refractivity contribution is 9.10. The molecule has 0 aliphatic rings. The van der Waals surface area contributed by atoms with Gasteiger partial charge in [0, 0.05) is 29.8 Å². The lowest BCUT2D eigenvalue weighted by molar-refractivity contribution is 0.102. The van der Waals surface area contributed by atoms with Crippen LogP contribution < -0.4 is 5.32 Å². The van der Waals surface area contributed by atoms with Crippen molar-refractivity contribution in [2.75, 3.05) is 19.4 Å². The summed E-state index contributed by atoms with van der Waals surface area (Å²) < 4.78 is 26.5. The molecule has 2 aromatic carbocycles. The maximum Gasteiger partial charge on any atom is 0.255 e. The highest BCUT2D eigenvalue weighted by Gasteiger charge is 2.22. The molecule has 5 nitrogen and oxygen atoms in total. The third-order valence-electron chi connectivity index (χ3n) is 3.39. The number of carbonyl (C=O) groups excluding carboxylic acids is 1. The zero-order chi connectivity index (χ0) is 18.1. The number of sulfonamides is 1. The molecule has 0 saturated heterocycles. The van der Waals surface area contributed by atoms with Crippen LogP contribution in [-0.2, 0) is 10.0 Å². The van der Waals surface area contributed by atoms with Crippen molar-refractivity contribution in [3.63, 3.8) is 0 Å². The molecule has 0 aliphatic carbocycles. The van der Waals surface area contributed by atoms with Crippen LogP contribution in [0.5, 0.6) is 0 Å². The van der Waals surface area contributed by atoms with Crippen molar-refractivity contribution >= 4 is 49.1 Å². The van der Waals surface area contributed by atoms with Crippen molar-refractivity contribution in [1.82, 2.24) is 4.31 Å². The summed E-state index contributed by atoms with van der Waals surface area (Å²) in [4.78, 5) is 12.3. The van der Waals surface area contributed by atoms with Gasteiger partial charge in [-0.05, 0) is 48.9 Å². The minimum atomic E-state index is -3.74. The molecule has 1 N–H and O–H groups in total. The molecule has 0 bridgehead atoms. The highest BCUT2D eigenvalue weighted by atomic mass is 79.9. The Morgan fingerprint density at radius 3 is 2.42 bits per heavy atom. The van der Waals surface area contributed by atoms with Crippen molar-refractivity contribution in [3.05, 3.63) is 57.0 Å². The fourth-order valence-electron chi connectivity index (χ4n) is 2.00. The summed E-state index contributed by atoms with van der Waals surface area (Å²) in [5, 5.41) is 2.84. The van der Waals surface area contributed by atoms with Crippen LogP contribution in [0.15, 0.2) is 45.8 Å². The van der Waals surface area contributed by atoms with Gasteiger partial charge in [0.15, 0.2) is 0 Å². The third-order valence-corrected chi connectivity index (χ3v) is 6.18. The van der Waals surface area contributed by atoms with Crippen LogP contribution in [0.3, 0.4) is 0 Å². The predicted octanol–water partition coefficient (Wildman–Crippen LogP) is 3.91. The number of rotatable bonds is 4. The van der Waals surface area contributed by atoms with Crippen LogP contribution in [-0.4, -0.2) is 32.7 Å². The normalized spacial score (nSPS) is 11.6. The van der Waals surface area contributed by atoms with E-state index in [2.05, 4.69) is 21.2 Å². The van der Waals surface area contributed by atoms with Gasteiger partial charge in [-0.15, -0.1) is 0 Å². The molecule has 0 atom stereocenters. The van der Waals surface area contributed by atoms with E-state index in [0.29, 0.717) is 5.69 Å². The first kappa shape index (κ1) is 18.9. The summed E-state index contributed by atoms with van der Waals surface area (Å²) in [6.07, 6.45) is 0. The van der Waals surface area contributed by atoms with Crippen LogP contribution in [0.4, 0.5) is 5.69 Å². The zero-order valence-corrected chi connectivity index (χ0v) is 16.5. The lowest BCUT2D eigenvalue weighted by Crippen LogP contribution is -2.23. The second-order valence-corrected chi connectivity index (χ2v) is 8.79. The Kier molecular flexibility index (Phi) is 5.70. The molecule has 8 heteroatoms. The summed E-state index contributed by atoms with van der Waals surface area (Å²) in [5.41, 5.74) is 1.74. The predicted molar refractivity (Wildman–Crippen MR) is 99.2 cm³/mol. The Labute approximate surface area is 154 Å². The Balaban J connectivity index is 2.37. The number of nitrogens with zero attached hydrogens (tertiary/aromatic N) is 1. The number of nitrogens with one attached hydrogen (secondary N) is 1. The average Bonchev–Trinajstić information content (AvgIpc) is 2.50. The van der Waals surface area contributed by atoms with Gasteiger partial charge in [0.2, 0.25) is 10.0 Å². The number of carbonyl (C=O) groups is 1. The Bertz CT molecular complexity index is 898. The molecule has 0 radical (unpaired) electrons. The SMILES string of the molecule is Cc1cc(Br)ccc1NC(=O)c1ccc(Cl)c(S(=O)(=O)N(C)C)c1. The fraction of sp³-hybridized carbons (Fsp3) is 0.188. The lowest BCUT2D eigenvalue weighted by Gasteiger charge is -2.14. The molecule has 1 amide bonds. The standard InChI is InChI=1S/C16H16BrClN2O3S/c1-10-8-12(17)5-7-14(10)19-16(21)11-4-6-13(18)15(9-11)24(22,23)20(2)3/h4-9H,1-3H3,(H,19,21). The fourth-order valence-corrected chi connectivity index (χ4v) is 3.87. The number of hydrogen-bond acceptors (Lipinski definition) is 3. The molecule has 0 unspecified atom stereocenters. The molecule has 0 saturated carbocycles. The zero-order valence-electron chi connectivity index (χ0n) is 13.3.